The molecule has 3 saturated heterocycles. The third-order valence-corrected chi connectivity index (χ3v) is 10.7. The van der Waals surface area contributed by atoms with Crippen LogP contribution in [0.3, 0.4) is 0 Å². The Kier molecular flexibility index (Phi) is 15.8. The normalized spacial score (nSPS) is 28.9. The summed E-state index contributed by atoms with van der Waals surface area (Å²) < 4.78 is 58.8. The Morgan fingerprint density at radius 3 is 1.76 bits per heavy atom. The van der Waals surface area contributed by atoms with Gasteiger partial charge in [0.2, 0.25) is 11.8 Å². The number of hydrogen-bond acceptors (Lipinski definition) is 12. The molecule has 4 aromatic carbocycles. The highest BCUT2D eigenvalue weighted by atomic mass is 16.8. The van der Waals surface area contributed by atoms with Gasteiger partial charge in [0.1, 0.15) is 48.7 Å². The molecule has 3 heterocycles. The average Bonchev–Trinajstić information content (AvgIpc) is 3.28. The van der Waals surface area contributed by atoms with Gasteiger partial charge in [0.25, 0.3) is 0 Å². The fraction of sp³-hybridized carbons (Fsp3) is 0.426. The molecule has 3 N–H and O–H groups in total. The standard InChI is InChI=1S/C47H54N2O13/c1-29(44(52)53)58-43-39(49-31(3)51)47(60-37-28-57-45(61-41(37)43)35-22-14-7-15-23-35)62-40-36(27-54-24-32-16-8-4-9-17-32)59-46(56-26-34-20-12-6-13-21-34)38(48-30(2)50)42(40)55-25-33-18-10-5-11-19-33/h4-23,29,36-43,45-47H,24-28H2,1-3H3,(H,48,50)(H,49,51)(H,52,53)/t29?,36-,37-,38-,39-,40-,41-,42-,43-,45?,46+,47+/m1/s1. The monoisotopic (exact) mass is 854 g/mol. The van der Waals surface area contributed by atoms with Crippen molar-refractivity contribution >= 4 is 17.8 Å². The van der Waals surface area contributed by atoms with E-state index in [1.165, 1.54) is 20.8 Å². The Bertz CT molecular complexity index is 2010. The lowest BCUT2D eigenvalue weighted by Gasteiger charge is -2.52. The Hall–Kier alpha value is -5.07. The van der Waals surface area contributed by atoms with Crippen molar-refractivity contribution in [3.05, 3.63) is 144 Å². The summed E-state index contributed by atoms with van der Waals surface area (Å²) in [7, 11) is 0. The van der Waals surface area contributed by atoms with E-state index < -0.39 is 85.6 Å². The number of carboxylic acids is 1. The molecule has 4 aromatic rings. The second-order valence-corrected chi connectivity index (χ2v) is 15.5. The van der Waals surface area contributed by atoms with E-state index >= 15 is 0 Å². The first-order valence-electron chi connectivity index (χ1n) is 20.8. The highest BCUT2D eigenvalue weighted by Gasteiger charge is 2.56. The highest BCUT2D eigenvalue weighted by molar-refractivity contribution is 5.74. The maximum Gasteiger partial charge on any atom is 0.332 e. The molecule has 330 valence electrons. The van der Waals surface area contributed by atoms with E-state index in [1.807, 2.05) is 121 Å². The van der Waals surface area contributed by atoms with Crippen LogP contribution in [0.15, 0.2) is 121 Å². The predicted molar refractivity (Wildman–Crippen MR) is 222 cm³/mol. The van der Waals surface area contributed by atoms with Gasteiger partial charge < -0.3 is 58.4 Å². The van der Waals surface area contributed by atoms with Crippen molar-refractivity contribution < 1.29 is 62.1 Å². The van der Waals surface area contributed by atoms with Gasteiger partial charge >= 0.3 is 5.97 Å². The Morgan fingerprint density at radius 2 is 1.19 bits per heavy atom. The van der Waals surface area contributed by atoms with Crippen LogP contribution < -0.4 is 10.6 Å². The van der Waals surface area contributed by atoms with Gasteiger partial charge in [0.15, 0.2) is 25.0 Å². The van der Waals surface area contributed by atoms with Crippen LogP contribution in [0.25, 0.3) is 0 Å². The number of fused-ring (bicyclic) bond motifs is 1. The number of benzene rings is 4. The third-order valence-electron chi connectivity index (χ3n) is 10.7. The molecule has 3 fully saturated rings. The molecule has 15 nitrogen and oxygen atoms in total. The molecule has 3 aliphatic rings. The zero-order chi connectivity index (χ0) is 43.4. The molecule has 0 aromatic heterocycles. The number of carboxylic acid groups (broad SMARTS) is 1. The summed E-state index contributed by atoms with van der Waals surface area (Å²) in [4.78, 5) is 38.3. The minimum absolute atomic E-state index is 0.0147. The van der Waals surface area contributed by atoms with Crippen LogP contribution in [0, 0.1) is 0 Å². The molecule has 3 aliphatic heterocycles. The maximum absolute atomic E-state index is 13.0. The predicted octanol–water partition coefficient (Wildman–Crippen LogP) is 4.82. The number of carbonyl (C=O) groups excluding carboxylic acids is 2. The summed E-state index contributed by atoms with van der Waals surface area (Å²) in [6.45, 7) is 4.62. The summed E-state index contributed by atoms with van der Waals surface area (Å²) in [6.07, 6.45) is -10.3. The lowest BCUT2D eigenvalue weighted by Crippen LogP contribution is -2.71. The molecule has 7 rings (SSSR count). The minimum atomic E-state index is -1.32. The number of aliphatic carboxylic acids is 1. The van der Waals surface area contributed by atoms with E-state index in [4.69, 9.17) is 42.6 Å². The van der Waals surface area contributed by atoms with E-state index in [1.54, 1.807) is 0 Å². The fourth-order valence-corrected chi connectivity index (χ4v) is 7.78. The van der Waals surface area contributed by atoms with E-state index in [0.29, 0.717) is 0 Å². The molecular weight excluding hydrogens is 801 g/mol. The highest BCUT2D eigenvalue weighted by Crippen LogP contribution is 2.38. The molecule has 0 saturated carbocycles. The zero-order valence-electron chi connectivity index (χ0n) is 34.9. The van der Waals surface area contributed by atoms with Crippen LogP contribution in [-0.2, 0) is 76.8 Å². The summed E-state index contributed by atoms with van der Waals surface area (Å²) >= 11 is 0. The van der Waals surface area contributed by atoms with Gasteiger partial charge in [-0.1, -0.05) is 121 Å². The van der Waals surface area contributed by atoms with Gasteiger partial charge in [-0.3, -0.25) is 9.59 Å². The average molecular weight is 855 g/mol. The van der Waals surface area contributed by atoms with Crippen LogP contribution in [0.5, 0.6) is 0 Å². The minimum Gasteiger partial charge on any atom is -0.479 e. The molecule has 15 heteroatoms. The molecule has 0 aliphatic carbocycles. The quantitative estimate of drug-likeness (QED) is 0.124. The van der Waals surface area contributed by atoms with Crippen molar-refractivity contribution in [3.8, 4) is 0 Å². The van der Waals surface area contributed by atoms with Gasteiger partial charge in [-0.15, -0.1) is 0 Å². The van der Waals surface area contributed by atoms with Crippen LogP contribution in [-0.4, -0.2) is 103 Å². The molecular formula is C47H54N2O13. The number of ether oxygens (including phenoxy) is 9. The summed E-state index contributed by atoms with van der Waals surface area (Å²) in [6, 6.07) is 35.9. The van der Waals surface area contributed by atoms with Crippen molar-refractivity contribution in [2.24, 2.45) is 0 Å². The van der Waals surface area contributed by atoms with Gasteiger partial charge in [-0.05, 0) is 23.6 Å². The van der Waals surface area contributed by atoms with E-state index in [0.717, 1.165) is 22.3 Å². The largest absolute Gasteiger partial charge is 0.479 e. The smallest absolute Gasteiger partial charge is 0.332 e. The lowest BCUT2D eigenvalue weighted by atomic mass is 9.93. The number of nitrogens with one attached hydrogen (secondary N) is 2. The Morgan fingerprint density at radius 1 is 0.661 bits per heavy atom. The van der Waals surface area contributed by atoms with Crippen molar-refractivity contribution in [1.29, 1.82) is 0 Å². The molecule has 0 radical (unpaired) electrons. The fourth-order valence-electron chi connectivity index (χ4n) is 7.78. The van der Waals surface area contributed by atoms with E-state index in [-0.39, 0.29) is 38.9 Å². The second kappa shape index (κ2) is 21.8. The van der Waals surface area contributed by atoms with Gasteiger partial charge in [-0.25, -0.2) is 4.79 Å². The van der Waals surface area contributed by atoms with Crippen LogP contribution in [0.1, 0.15) is 49.3 Å². The first-order chi connectivity index (χ1) is 30.1. The molecule has 0 spiro atoms. The number of hydrogen-bond donors (Lipinski definition) is 3. The molecule has 2 amide bonds. The van der Waals surface area contributed by atoms with Crippen LogP contribution in [0.4, 0.5) is 0 Å². The van der Waals surface area contributed by atoms with Crippen molar-refractivity contribution in [1.82, 2.24) is 10.6 Å². The number of amides is 2. The van der Waals surface area contributed by atoms with Crippen LogP contribution >= 0.6 is 0 Å². The van der Waals surface area contributed by atoms with Crippen LogP contribution in [0.2, 0.25) is 0 Å². The first kappa shape index (κ1) is 45.0. The molecule has 62 heavy (non-hydrogen) atoms. The molecule has 0 bridgehead atoms. The van der Waals surface area contributed by atoms with Gasteiger partial charge in [0, 0.05) is 19.4 Å². The summed E-state index contributed by atoms with van der Waals surface area (Å²) in [5, 5.41) is 15.9. The van der Waals surface area contributed by atoms with Crippen molar-refractivity contribution in [2.75, 3.05) is 13.2 Å². The van der Waals surface area contributed by atoms with E-state index in [2.05, 4.69) is 10.6 Å². The Labute approximate surface area is 360 Å². The second-order valence-electron chi connectivity index (χ2n) is 15.5. The maximum atomic E-state index is 13.0. The SMILES string of the molecule is CC(=O)N[C@H]1[C@H](O[C@H]2[C@H](OCc3ccccc3)[C@@H](NC(C)=O)[C@@H](OCc3ccccc3)O[C@@H]2COCc2ccccc2)O[C@@H]2COC(c3ccccc3)O[C@H]2[C@@H]1OC(C)C(=O)O. The molecule has 12 atom stereocenters. The van der Waals surface area contributed by atoms with Gasteiger partial charge in [0.05, 0.1) is 33.0 Å². The van der Waals surface area contributed by atoms with Crippen molar-refractivity contribution in [2.45, 2.75) is 114 Å². The van der Waals surface area contributed by atoms with E-state index in [9.17, 15) is 19.5 Å². The number of rotatable bonds is 18. The lowest BCUT2D eigenvalue weighted by molar-refractivity contribution is -0.372. The first-order valence-corrected chi connectivity index (χ1v) is 20.8. The summed E-state index contributed by atoms with van der Waals surface area (Å²) in [5.74, 6) is -2.05. The topological polar surface area (TPSA) is 179 Å². The van der Waals surface area contributed by atoms with Gasteiger partial charge in [-0.2, -0.15) is 0 Å². The summed E-state index contributed by atoms with van der Waals surface area (Å²) in [5.41, 5.74) is 3.39. The zero-order valence-corrected chi connectivity index (χ0v) is 34.9. The number of carbonyl (C=O) groups is 3. The Balaban J connectivity index is 1.25. The molecule has 2 unspecified atom stereocenters. The third kappa shape index (κ3) is 11.9. The van der Waals surface area contributed by atoms with Crippen molar-refractivity contribution in [3.63, 3.8) is 0 Å².